The van der Waals surface area contributed by atoms with Crippen LogP contribution in [0.25, 0.3) is 0 Å². The van der Waals surface area contributed by atoms with Crippen molar-refractivity contribution in [3.05, 3.63) is 52.4 Å². The largest absolute Gasteiger partial charge is 0.396 e. The van der Waals surface area contributed by atoms with Gasteiger partial charge in [-0.2, -0.15) is 0 Å². The molecule has 2 rings (SSSR count). The van der Waals surface area contributed by atoms with Gasteiger partial charge in [-0.05, 0) is 39.7 Å². The van der Waals surface area contributed by atoms with E-state index in [2.05, 4.69) is 20.9 Å². The zero-order valence-electron chi connectivity index (χ0n) is 9.27. The number of nitrogens with two attached hydrogens (primary N) is 1. The number of halogens is 2. The van der Waals surface area contributed by atoms with Crippen molar-refractivity contribution in [3.63, 3.8) is 0 Å². The molecular weight excluding hydrogens is 319 g/mol. The highest BCUT2D eigenvalue weighted by atomic mass is 79.9. The maximum absolute atomic E-state index is 13.3. The van der Waals surface area contributed by atoms with Crippen molar-refractivity contribution in [2.24, 2.45) is 0 Å². The maximum Gasteiger partial charge on any atom is 0.150 e. The molecule has 0 aliphatic rings. The van der Waals surface area contributed by atoms with Gasteiger partial charge in [-0.1, -0.05) is 12.1 Å². The standard InChI is InChI=1S/C12H10BrFN2OS/c13-11-8(3-1-4-9(11)14)7-18(17)12-10(15)5-2-6-16-12/h1-6H,7,15H2. The first-order valence-corrected chi connectivity index (χ1v) is 7.22. The minimum atomic E-state index is -1.40. The van der Waals surface area contributed by atoms with Crippen molar-refractivity contribution >= 4 is 32.4 Å². The van der Waals surface area contributed by atoms with Crippen molar-refractivity contribution in [2.75, 3.05) is 5.73 Å². The third-order valence-corrected chi connectivity index (χ3v) is 4.57. The van der Waals surface area contributed by atoms with Gasteiger partial charge >= 0.3 is 0 Å². The predicted octanol–water partition coefficient (Wildman–Crippen LogP) is 2.87. The van der Waals surface area contributed by atoms with E-state index in [0.29, 0.717) is 20.7 Å². The molecule has 1 atom stereocenters. The molecule has 0 aliphatic heterocycles. The molecule has 0 radical (unpaired) electrons. The number of nitrogen functional groups attached to an aromatic ring is 1. The lowest BCUT2D eigenvalue weighted by Gasteiger charge is -2.06. The van der Waals surface area contributed by atoms with Gasteiger partial charge in [0.15, 0.2) is 0 Å². The van der Waals surface area contributed by atoms with E-state index in [9.17, 15) is 8.60 Å². The van der Waals surface area contributed by atoms with Crippen LogP contribution in [-0.2, 0) is 16.6 Å². The Kier molecular flexibility index (Phi) is 4.08. The molecule has 1 aromatic carbocycles. The lowest BCUT2D eigenvalue weighted by molar-refractivity contribution is 0.619. The molecule has 0 saturated carbocycles. The number of aromatic nitrogens is 1. The van der Waals surface area contributed by atoms with E-state index in [1.807, 2.05) is 0 Å². The van der Waals surface area contributed by atoms with E-state index in [0.717, 1.165) is 0 Å². The van der Waals surface area contributed by atoms with E-state index in [1.54, 1.807) is 24.3 Å². The second kappa shape index (κ2) is 5.58. The van der Waals surface area contributed by atoms with Crippen LogP contribution < -0.4 is 5.73 Å². The van der Waals surface area contributed by atoms with Gasteiger partial charge in [-0.3, -0.25) is 4.21 Å². The highest BCUT2D eigenvalue weighted by Crippen LogP contribution is 2.24. The molecule has 1 aromatic heterocycles. The first kappa shape index (κ1) is 13.2. The molecule has 0 saturated heterocycles. The first-order valence-electron chi connectivity index (χ1n) is 5.11. The Labute approximate surface area is 115 Å². The Morgan fingerprint density at radius 2 is 2.11 bits per heavy atom. The molecule has 0 amide bonds. The Hall–Kier alpha value is -1.27. The molecule has 2 N–H and O–H groups in total. The summed E-state index contributed by atoms with van der Waals surface area (Å²) < 4.78 is 25.8. The zero-order valence-corrected chi connectivity index (χ0v) is 11.7. The monoisotopic (exact) mass is 328 g/mol. The molecule has 0 spiro atoms. The fourth-order valence-electron chi connectivity index (χ4n) is 1.46. The van der Waals surface area contributed by atoms with Gasteiger partial charge in [0.2, 0.25) is 0 Å². The van der Waals surface area contributed by atoms with Gasteiger partial charge in [-0.15, -0.1) is 0 Å². The van der Waals surface area contributed by atoms with Gasteiger partial charge in [0, 0.05) is 6.20 Å². The van der Waals surface area contributed by atoms with E-state index >= 15 is 0 Å². The van der Waals surface area contributed by atoms with E-state index in [4.69, 9.17) is 5.73 Å². The van der Waals surface area contributed by atoms with Crippen LogP contribution in [-0.4, -0.2) is 9.19 Å². The van der Waals surface area contributed by atoms with Gasteiger partial charge in [-0.25, -0.2) is 9.37 Å². The van der Waals surface area contributed by atoms with E-state index in [-0.39, 0.29) is 11.6 Å². The molecule has 1 unspecified atom stereocenters. The smallest absolute Gasteiger partial charge is 0.150 e. The van der Waals surface area contributed by atoms with Crippen molar-refractivity contribution in [2.45, 2.75) is 10.8 Å². The molecule has 1 heterocycles. The normalized spacial score (nSPS) is 12.3. The molecule has 0 bridgehead atoms. The average Bonchev–Trinajstić information content (AvgIpc) is 2.35. The molecule has 3 nitrogen and oxygen atoms in total. The van der Waals surface area contributed by atoms with Crippen LogP contribution in [0.15, 0.2) is 46.0 Å². The van der Waals surface area contributed by atoms with E-state index < -0.39 is 10.8 Å². The maximum atomic E-state index is 13.3. The second-order valence-electron chi connectivity index (χ2n) is 3.60. The SMILES string of the molecule is Nc1cccnc1S(=O)Cc1cccc(F)c1Br. The van der Waals surface area contributed by atoms with Crippen molar-refractivity contribution in [1.82, 2.24) is 4.98 Å². The second-order valence-corrected chi connectivity index (χ2v) is 5.76. The zero-order chi connectivity index (χ0) is 13.1. The summed E-state index contributed by atoms with van der Waals surface area (Å²) in [4.78, 5) is 3.99. The predicted molar refractivity (Wildman–Crippen MR) is 72.9 cm³/mol. The number of rotatable bonds is 3. The summed E-state index contributed by atoms with van der Waals surface area (Å²) in [5.74, 6) is -0.210. The van der Waals surface area contributed by atoms with Crippen LogP contribution in [0.5, 0.6) is 0 Å². The quantitative estimate of drug-likeness (QED) is 0.942. The van der Waals surface area contributed by atoms with Crippen LogP contribution in [0.1, 0.15) is 5.56 Å². The number of nitrogens with zero attached hydrogens (tertiary/aromatic N) is 1. The number of anilines is 1. The summed E-state index contributed by atoms with van der Waals surface area (Å²) >= 11 is 3.14. The van der Waals surface area contributed by atoms with Crippen LogP contribution in [0, 0.1) is 5.82 Å². The van der Waals surface area contributed by atoms with Crippen LogP contribution in [0.2, 0.25) is 0 Å². The summed E-state index contributed by atoms with van der Waals surface area (Å²) in [6.07, 6.45) is 1.53. The first-order chi connectivity index (χ1) is 8.59. The van der Waals surface area contributed by atoms with Gasteiger partial charge in [0.25, 0.3) is 0 Å². The minimum absolute atomic E-state index is 0.166. The molecule has 6 heteroatoms. The summed E-state index contributed by atoms with van der Waals surface area (Å²) in [5.41, 5.74) is 6.70. The number of benzene rings is 1. The Morgan fingerprint density at radius 3 is 2.83 bits per heavy atom. The summed E-state index contributed by atoms with van der Waals surface area (Å²) in [6, 6.07) is 7.94. The summed E-state index contributed by atoms with van der Waals surface area (Å²) in [6.45, 7) is 0. The highest BCUT2D eigenvalue weighted by Gasteiger charge is 2.13. The topological polar surface area (TPSA) is 56.0 Å². The average molecular weight is 329 g/mol. The summed E-state index contributed by atoms with van der Waals surface area (Å²) in [7, 11) is -1.40. The fraction of sp³-hybridized carbons (Fsp3) is 0.0833. The van der Waals surface area contributed by atoms with Gasteiger partial charge in [0.1, 0.15) is 10.8 Å². The lowest BCUT2D eigenvalue weighted by Crippen LogP contribution is -2.04. The highest BCUT2D eigenvalue weighted by molar-refractivity contribution is 9.10. The van der Waals surface area contributed by atoms with Gasteiger partial charge < -0.3 is 5.73 Å². The number of hydrogen-bond acceptors (Lipinski definition) is 3. The minimum Gasteiger partial charge on any atom is -0.396 e. The van der Waals surface area contributed by atoms with E-state index in [1.165, 1.54) is 12.3 Å². The fourth-order valence-corrected chi connectivity index (χ4v) is 3.22. The molecule has 0 aliphatic carbocycles. The van der Waals surface area contributed by atoms with Crippen molar-refractivity contribution < 1.29 is 8.60 Å². The molecule has 94 valence electrons. The molecular formula is C12H10BrFN2OS. The van der Waals surface area contributed by atoms with Gasteiger partial charge in [0.05, 0.1) is 26.7 Å². The third-order valence-electron chi connectivity index (χ3n) is 2.33. The lowest BCUT2D eigenvalue weighted by atomic mass is 10.2. The molecule has 0 fully saturated rings. The third kappa shape index (κ3) is 2.76. The van der Waals surface area contributed by atoms with Crippen molar-refractivity contribution in [1.29, 1.82) is 0 Å². The Bertz CT molecular complexity index is 606. The summed E-state index contributed by atoms with van der Waals surface area (Å²) in [5, 5.41) is 0.327. The molecule has 2 aromatic rings. The number of pyridine rings is 1. The Morgan fingerprint density at radius 1 is 1.33 bits per heavy atom. The number of hydrogen-bond donors (Lipinski definition) is 1. The Balaban J connectivity index is 2.27. The van der Waals surface area contributed by atoms with Crippen LogP contribution in [0.4, 0.5) is 10.1 Å². The van der Waals surface area contributed by atoms with Crippen LogP contribution in [0.3, 0.4) is 0 Å². The van der Waals surface area contributed by atoms with Crippen molar-refractivity contribution in [3.8, 4) is 0 Å². The molecule has 18 heavy (non-hydrogen) atoms. The van der Waals surface area contributed by atoms with Crippen LogP contribution >= 0.6 is 15.9 Å².